The van der Waals surface area contributed by atoms with E-state index in [9.17, 15) is 0 Å². The van der Waals surface area contributed by atoms with Gasteiger partial charge >= 0.3 is 0 Å². The highest BCUT2D eigenvalue weighted by Crippen LogP contribution is 2.39. The van der Waals surface area contributed by atoms with Crippen molar-refractivity contribution in [3.05, 3.63) is 164 Å². The van der Waals surface area contributed by atoms with Crippen molar-refractivity contribution in [2.24, 2.45) is 0 Å². The molecular weight excluding hydrogens is 518 g/mol. The minimum Gasteiger partial charge on any atom is -0.309 e. The molecule has 43 heavy (non-hydrogen) atoms. The zero-order valence-electron chi connectivity index (χ0n) is 23.5. The van der Waals surface area contributed by atoms with E-state index in [0.29, 0.717) is 0 Å². The summed E-state index contributed by atoms with van der Waals surface area (Å²) in [5.41, 5.74) is 8.57. The van der Waals surface area contributed by atoms with Crippen LogP contribution in [0.4, 0.5) is 0 Å². The third-order valence-corrected chi connectivity index (χ3v) is 8.96. The number of aromatic nitrogens is 1. The molecule has 0 aliphatic heterocycles. The van der Waals surface area contributed by atoms with E-state index >= 15 is 0 Å². The third kappa shape index (κ3) is 3.79. The zero-order valence-corrected chi connectivity index (χ0v) is 23.5. The van der Waals surface area contributed by atoms with Crippen molar-refractivity contribution in [1.82, 2.24) is 4.57 Å². The van der Waals surface area contributed by atoms with Crippen molar-refractivity contribution in [2.45, 2.75) is 0 Å². The Morgan fingerprint density at radius 1 is 0.302 bits per heavy atom. The molecule has 200 valence electrons. The van der Waals surface area contributed by atoms with E-state index in [0.717, 1.165) is 0 Å². The summed E-state index contributed by atoms with van der Waals surface area (Å²) >= 11 is 0. The fraction of sp³-hybridized carbons (Fsp3) is 0. The summed E-state index contributed by atoms with van der Waals surface area (Å²) in [6.45, 7) is 0. The number of fused-ring (bicyclic) bond motifs is 8. The van der Waals surface area contributed by atoms with E-state index in [-0.39, 0.29) is 0 Å². The Morgan fingerprint density at radius 2 is 0.860 bits per heavy atom. The van der Waals surface area contributed by atoms with Crippen LogP contribution in [0.3, 0.4) is 0 Å². The molecule has 0 spiro atoms. The van der Waals surface area contributed by atoms with Crippen LogP contribution in [0, 0.1) is 0 Å². The highest BCUT2D eigenvalue weighted by Gasteiger charge is 2.15. The van der Waals surface area contributed by atoms with E-state index in [4.69, 9.17) is 0 Å². The SMILES string of the molecule is c1ccc(-c2ccc(-n3c4ccccc4c4c5ccc(-c6ccc7c(ccc8ccccc87)c6)cc5ccc43)cc2)cc1. The Morgan fingerprint density at radius 3 is 1.67 bits per heavy atom. The van der Waals surface area contributed by atoms with Gasteiger partial charge in [0.1, 0.15) is 0 Å². The van der Waals surface area contributed by atoms with Gasteiger partial charge in [-0.15, -0.1) is 0 Å². The van der Waals surface area contributed by atoms with Gasteiger partial charge in [0.15, 0.2) is 0 Å². The summed E-state index contributed by atoms with van der Waals surface area (Å²) in [6, 6.07) is 59.8. The molecule has 0 aliphatic carbocycles. The molecule has 8 aromatic carbocycles. The molecule has 0 amide bonds. The minimum absolute atomic E-state index is 1.17. The van der Waals surface area contributed by atoms with Gasteiger partial charge < -0.3 is 4.57 Å². The Balaban J connectivity index is 1.19. The van der Waals surface area contributed by atoms with Crippen molar-refractivity contribution in [3.8, 4) is 27.9 Å². The van der Waals surface area contributed by atoms with Gasteiger partial charge in [0.05, 0.1) is 11.0 Å². The van der Waals surface area contributed by atoms with Gasteiger partial charge in [-0.05, 0) is 91.0 Å². The van der Waals surface area contributed by atoms with Crippen molar-refractivity contribution >= 4 is 54.1 Å². The fourth-order valence-corrected chi connectivity index (χ4v) is 6.88. The lowest BCUT2D eigenvalue weighted by Gasteiger charge is -2.11. The van der Waals surface area contributed by atoms with Gasteiger partial charge in [-0.25, -0.2) is 0 Å². The summed E-state index contributed by atoms with van der Waals surface area (Å²) in [6.07, 6.45) is 0. The first-order chi connectivity index (χ1) is 21.3. The van der Waals surface area contributed by atoms with Crippen molar-refractivity contribution < 1.29 is 0 Å². The molecule has 9 aromatic rings. The van der Waals surface area contributed by atoms with E-state index < -0.39 is 0 Å². The van der Waals surface area contributed by atoms with Crippen LogP contribution in [0.2, 0.25) is 0 Å². The maximum absolute atomic E-state index is 2.40. The predicted molar refractivity (Wildman–Crippen MR) is 184 cm³/mol. The normalized spacial score (nSPS) is 11.7. The Kier molecular flexibility index (Phi) is 5.27. The predicted octanol–water partition coefficient (Wildman–Crippen LogP) is 11.6. The molecule has 0 aliphatic rings. The van der Waals surface area contributed by atoms with Gasteiger partial charge in [0.2, 0.25) is 0 Å². The quantitative estimate of drug-likeness (QED) is 0.195. The molecule has 0 atom stereocenters. The van der Waals surface area contributed by atoms with Crippen LogP contribution in [0.15, 0.2) is 164 Å². The lowest BCUT2D eigenvalue weighted by atomic mass is 9.95. The Hall–Kier alpha value is -5.66. The first kappa shape index (κ1) is 24.0. The van der Waals surface area contributed by atoms with Gasteiger partial charge in [-0.2, -0.15) is 0 Å². The molecule has 0 saturated carbocycles. The van der Waals surface area contributed by atoms with Crippen LogP contribution in [-0.4, -0.2) is 4.57 Å². The molecule has 1 aromatic heterocycles. The van der Waals surface area contributed by atoms with Gasteiger partial charge in [-0.1, -0.05) is 127 Å². The lowest BCUT2D eigenvalue weighted by molar-refractivity contribution is 1.18. The summed E-state index contributed by atoms with van der Waals surface area (Å²) in [5.74, 6) is 0. The van der Waals surface area contributed by atoms with Crippen LogP contribution in [0.25, 0.3) is 82.1 Å². The molecule has 1 heteroatoms. The number of rotatable bonds is 3. The van der Waals surface area contributed by atoms with E-state index in [2.05, 4.69) is 168 Å². The van der Waals surface area contributed by atoms with Crippen LogP contribution in [0.1, 0.15) is 0 Å². The smallest absolute Gasteiger partial charge is 0.0547 e. The minimum atomic E-state index is 1.17. The molecule has 1 heterocycles. The van der Waals surface area contributed by atoms with Gasteiger partial charge in [0, 0.05) is 16.5 Å². The molecule has 1 nitrogen and oxygen atoms in total. The van der Waals surface area contributed by atoms with Gasteiger partial charge in [-0.3, -0.25) is 0 Å². The maximum Gasteiger partial charge on any atom is 0.0547 e. The average Bonchev–Trinajstić information content (AvgIpc) is 3.43. The maximum atomic E-state index is 2.40. The number of nitrogens with zero attached hydrogens (tertiary/aromatic N) is 1. The molecular formula is C42H27N. The summed E-state index contributed by atoms with van der Waals surface area (Å²) < 4.78 is 2.40. The standard InChI is InChI=1S/C42H27N/c1-2-8-28(9-3-1)29-16-21-35(22-17-29)43-40-13-7-6-12-39(40)42-38-24-19-32(27-34(38)20-25-41(42)43)31-18-23-37-33(26-31)15-14-30-10-4-5-11-36(30)37/h1-27H. The Labute approximate surface area is 249 Å². The van der Waals surface area contributed by atoms with Gasteiger partial charge in [0.25, 0.3) is 0 Å². The van der Waals surface area contributed by atoms with Crippen LogP contribution < -0.4 is 0 Å². The van der Waals surface area contributed by atoms with Crippen molar-refractivity contribution in [1.29, 1.82) is 0 Å². The van der Waals surface area contributed by atoms with Crippen LogP contribution in [-0.2, 0) is 0 Å². The fourth-order valence-electron chi connectivity index (χ4n) is 6.88. The number of hydrogen-bond acceptors (Lipinski definition) is 0. The monoisotopic (exact) mass is 545 g/mol. The second-order valence-electron chi connectivity index (χ2n) is 11.4. The summed E-state index contributed by atoms with van der Waals surface area (Å²) in [5, 5.41) is 10.3. The molecule has 0 bridgehead atoms. The number of hydrogen-bond donors (Lipinski definition) is 0. The highest BCUT2D eigenvalue weighted by atomic mass is 15.0. The topological polar surface area (TPSA) is 4.93 Å². The first-order valence-electron chi connectivity index (χ1n) is 14.9. The highest BCUT2D eigenvalue weighted by molar-refractivity contribution is 6.21. The average molecular weight is 546 g/mol. The lowest BCUT2D eigenvalue weighted by Crippen LogP contribution is -1.93. The third-order valence-electron chi connectivity index (χ3n) is 8.96. The molecule has 9 rings (SSSR count). The van der Waals surface area contributed by atoms with E-state index in [1.165, 1.54) is 82.1 Å². The number of benzene rings is 8. The second kappa shape index (κ2) is 9.44. The largest absolute Gasteiger partial charge is 0.309 e. The van der Waals surface area contributed by atoms with E-state index in [1.54, 1.807) is 0 Å². The molecule has 0 N–H and O–H groups in total. The van der Waals surface area contributed by atoms with Crippen molar-refractivity contribution in [2.75, 3.05) is 0 Å². The van der Waals surface area contributed by atoms with Crippen LogP contribution in [0.5, 0.6) is 0 Å². The first-order valence-corrected chi connectivity index (χ1v) is 14.9. The van der Waals surface area contributed by atoms with Crippen molar-refractivity contribution in [3.63, 3.8) is 0 Å². The molecule has 0 saturated heterocycles. The summed E-state index contributed by atoms with van der Waals surface area (Å²) in [4.78, 5) is 0. The zero-order chi connectivity index (χ0) is 28.3. The summed E-state index contributed by atoms with van der Waals surface area (Å²) in [7, 11) is 0. The van der Waals surface area contributed by atoms with E-state index in [1.807, 2.05) is 0 Å². The second-order valence-corrected chi connectivity index (χ2v) is 11.4. The number of para-hydroxylation sites is 1. The Bertz CT molecular complexity index is 2480. The molecule has 0 radical (unpaired) electrons. The van der Waals surface area contributed by atoms with Crippen LogP contribution >= 0.6 is 0 Å². The molecule has 0 unspecified atom stereocenters. The molecule has 0 fully saturated rings.